The SMILES string of the molecule is CCCCCN(CC(C)O)CC(C)C(=O)O. The van der Waals surface area contributed by atoms with E-state index < -0.39 is 12.1 Å². The van der Waals surface area contributed by atoms with Gasteiger partial charge in [-0.2, -0.15) is 0 Å². The number of unbranched alkanes of at least 4 members (excludes halogenated alkanes) is 2. The molecule has 0 saturated carbocycles. The van der Waals surface area contributed by atoms with Crippen LogP contribution >= 0.6 is 0 Å². The van der Waals surface area contributed by atoms with Crippen molar-refractivity contribution >= 4 is 5.97 Å². The molecule has 0 rings (SSSR count). The van der Waals surface area contributed by atoms with Gasteiger partial charge in [0.2, 0.25) is 0 Å². The molecule has 2 N–H and O–H groups in total. The smallest absolute Gasteiger partial charge is 0.307 e. The van der Waals surface area contributed by atoms with Gasteiger partial charge in [-0.3, -0.25) is 9.69 Å². The molecular weight excluding hydrogens is 206 g/mol. The summed E-state index contributed by atoms with van der Waals surface area (Å²) in [6, 6.07) is 0. The van der Waals surface area contributed by atoms with Gasteiger partial charge in [0.05, 0.1) is 12.0 Å². The summed E-state index contributed by atoms with van der Waals surface area (Å²) in [7, 11) is 0. The minimum Gasteiger partial charge on any atom is -0.481 e. The van der Waals surface area contributed by atoms with Gasteiger partial charge in [-0.25, -0.2) is 0 Å². The van der Waals surface area contributed by atoms with Crippen LogP contribution in [0.5, 0.6) is 0 Å². The largest absolute Gasteiger partial charge is 0.481 e. The van der Waals surface area contributed by atoms with E-state index in [9.17, 15) is 9.90 Å². The maximum Gasteiger partial charge on any atom is 0.307 e. The van der Waals surface area contributed by atoms with E-state index in [4.69, 9.17) is 5.11 Å². The zero-order valence-corrected chi connectivity index (χ0v) is 10.6. The van der Waals surface area contributed by atoms with Crippen LogP contribution in [0.2, 0.25) is 0 Å². The second-order valence-electron chi connectivity index (χ2n) is 4.55. The molecule has 0 aliphatic rings. The highest BCUT2D eigenvalue weighted by atomic mass is 16.4. The van der Waals surface area contributed by atoms with Gasteiger partial charge < -0.3 is 10.2 Å². The number of aliphatic hydroxyl groups is 1. The van der Waals surface area contributed by atoms with Crippen molar-refractivity contribution in [2.45, 2.75) is 46.1 Å². The van der Waals surface area contributed by atoms with Gasteiger partial charge in [0.15, 0.2) is 0 Å². The van der Waals surface area contributed by atoms with Crippen LogP contribution in [0.4, 0.5) is 0 Å². The van der Waals surface area contributed by atoms with Crippen LogP contribution in [0, 0.1) is 5.92 Å². The molecule has 0 aliphatic carbocycles. The number of aliphatic carboxylic acids is 1. The molecule has 2 unspecified atom stereocenters. The third-order valence-corrected chi connectivity index (χ3v) is 2.55. The van der Waals surface area contributed by atoms with E-state index in [1.807, 2.05) is 4.90 Å². The molecule has 0 fully saturated rings. The van der Waals surface area contributed by atoms with Crippen LogP contribution in [0.25, 0.3) is 0 Å². The predicted molar refractivity (Wildman–Crippen MR) is 64.4 cm³/mol. The van der Waals surface area contributed by atoms with Gasteiger partial charge in [-0.05, 0) is 19.9 Å². The lowest BCUT2D eigenvalue weighted by Gasteiger charge is -2.25. The van der Waals surface area contributed by atoms with Crippen molar-refractivity contribution in [3.05, 3.63) is 0 Å². The van der Waals surface area contributed by atoms with E-state index in [0.717, 1.165) is 25.8 Å². The lowest BCUT2D eigenvalue weighted by atomic mass is 10.1. The Labute approximate surface area is 98.3 Å². The molecule has 4 heteroatoms. The Bertz CT molecular complexity index is 195. The van der Waals surface area contributed by atoms with Crippen molar-refractivity contribution in [3.63, 3.8) is 0 Å². The predicted octanol–water partition coefficient (Wildman–Crippen LogP) is 1.58. The lowest BCUT2D eigenvalue weighted by Crippen LogP contribution is -2.37. The zero-order valence-electron chi connectivity index (χ0n) is 10.6. The third-order valence-electron chi connectivity index (χ3n) is 2.55. The number of rotatable bonds is 9. The summed E-state index contributed by atoms with van der Waals surface area (Å²) >= 11 is 0. The van der Waals surface area contributed by atoms with Gasteiger partial charge in [0.25, 0.3) is 0 Å². The fourth-order valence-electron chi connectivity index (χ4n) is 1.68. The standard InChI is InChI=1S/C12H25NO3/c1-4-5-6-7-13(9-11(3)14)8-10(2)12(15)16/h10-11,14H,4-9H2,1-3H3,(H,15,16). The van der Waals surface area contributed by atoms with E-state index >= 15 is 0 Å². The van der Waals surface area contributed by atoms with Crippen LogP contribution in [0.3, 0.4) is 0 Å². The Morgan fingerprint density at radius 2 is 1.88 bits per heavy atom. The zero-order chi connectivity index (χ0) is 12.6. The minimum absolute atomic E-state index is 0.375. The molecule has 0 amide bonds. The Hall–Kier alpha value is -0.610. The van der Waals surface area contributed by atoms with Gasteiger partial charge in [0.1, 0.15) is 0 Å². The molecule has 0 aromatic carbocycles. The maximum atomic E-state index is 10.8. The second kappa shape index (κ2) is 8.53. The lowest BCUT2D eigenvalue weighted by molar-refractivity contribution is -0.141. The third kappa shape index (κ3) is 7.65. The molecule has 4 nitrogen and oxygen atoms in total. The van der Waals surface area contributed by atoms with Crippen molar-refractivity contribution in [2.24, 2.45) is 5.92 Å². The van der Waals surface area contributed by atoms with E-state index in [1.165, 1.54) is 0 Å². The molecule has 0 heterocycles. The summed E-state index contributed by atoms with van der Waals surface area (Å²) in [5.74, 6) is -1.15. The minimum atomic E-state index is -0.772. The van der Waals surface area contributed by atoms with E-state index in [2.05, 4.69) is 6.92 Å². The first kappa shape index (κ1) is 15.4. The number of carboxylic acid groups (broad SMARTS) is 1. The summed E-state index contributed by atoms with van der Waals surface area (Å²) in [6.07, 6.45) is 2.97. The molecule has 0 radical (unpaired) electrons. The maximum absolute atomic E-state index is 10.8. The van der Waals surface area contributed by atoms with Crippen LogP contribution in [-0.4, -0.2) is 46.8 Å². The second-order valence-corrected chi connectivity index (χ2v) is 4.55. The van der Waals surface area contributed by atoms with Crippen molar-refractivity contribution in [1.29, 1.82) is 0 Å². The molecule has 0 spiro atoms. The summed E-state index contributed by atoms with van der Waals surface area (Å²) in [4.78, 5) is 12.8. The van der Waals surface area contributed by atoms with Crippen molar-refractivity contribution in [3.8, 4) is 0 Å². The summed E-state index contributed by atoms with van der Waals surface area (Å²) < 4.78 is 0. The molecule has 0 bridgehead atoms. The first-order valence-corrected chi connectivity index (χ1v) is 6.10. The number of hydrogen-bond donors (Lipinski definition) is 2. The average molecular weight is 231 g/mol. The molecule has 0 aromatic heterocycles. The van der Waals surface area contributed by atoms with Crippen LogP contribution in [0.1, 0.15) is 40.0 Å². The van der Waals surface area contributed by atoms with Gasteiger partial charge in [0, 0.05) is 13.1 Å². The highest BCUT2D eigenvalue weighted by molar-refractivity contribution is 5.69. The topological polar surface area (TPSA) is 60.8 Å². The summed E-state index contributed by atoms with van der Waals surface area (Å²) in [6.45, 7) is 7.52. The molecular formula is C12H25NO3. The van der Waals surface area contributed by atoms with E-state index in [0.29, 0.717) is 13.1 Å². The number of aliphatic hydroxyl groups excluding tert-OH is 1. The van der Waals surface area contributed by atoms with Crippen LogP contribution in [-0.2, 0) is 4.79 Å². The molecule has 0 aliphatic heterocycles. The number of carbonyl (C=O) groups is 1. The first-order chi connectivity index (χ1) is 7.47. The fraction of sp³-hybridized carbons (Fsp3) is 0.917. The van der Waals surface area contributed by atoms with Crippen molar-refractivity contribution < 1.29 is 15.0 Å². The van der Waals surface area contributed by atoms with E-state index in [-0.39, 0.29) is 5.92 Å². The van der Waals surface area contributed by atoms with Crippen LogP contribution in [0.15, 0.2) is 0 Å². The van der Waals surface area contributed by atoms with Crippen molar-refractivity contribution in [2.75, 3.05) is 19.6 Å². The highest BCUT2D eigenvalue weighted by Gasteiger charge is 2.16. The quantitative estimate of drug-likeness (QED) is 0.591. The summed E-state index contributed by atoms with van der Waals surface area (Å²) in [5.41, 5.74) is 0. The number of nitrogens with zero attached hydrogens (tertiary/aromatic N) is 1. The van der Waals surface area contributed by atoms with Gasteiger partial charge in [-0.1, -0.05) is 26.7 Å². The molecule has 2 atom stereocenters. The van der Waals surface area contributed by atoms with Crippen LogP contribution < -0.4 is 0 Å². The van der Waals surface area contributed by atoms with Gasteiger partial charge in [-0.15, -0.1) is 0 Å². The summed E-state index contributed by atoms with van der Waals surface area (Å²) in [5, 5.41) is 18.2. The fourth-order valence-corrected chi connectivity index (χ4v) is 1.68. The Morgan fingerprint density at radius 1 is 1.25 bits per heavy atom. The Balaban J connectivity index is 4.03. The number of hydrogen-bond acceptors (Lipinski definition) is 3. The van der Waals surface area contributed by atoms with Crippen molar-refractivity contribution in [1.82, 2.24) is 4.90 Å². The molecule has 16 heavy (non-hydrogen) atoms. The molecule has 0 saturated heterocycles. The van der Waals surface area contributed by atoms with E-state index in [1.54, 1.807) is 13.8 Å². The monoisotopic (exact) mass is 231 g/mol. The molecule has 96 valence electrons. The Morgan fingerprint density at radius 3 is 2.31 bits per heavy atom. The highest BCUT2D eigenvalue weighted by Crippen LogP contribution is 2.05. The average Bonchev–Trinajstić information content (AvgIpc) is 2.16. The number of carboxylic acids is 1. The normalized spacial score (nSPS) is 15.1. The Kier molecular flexibility index (Phi) is 8.21. The van der Waals surface area contributed by atoms with Gasteiger partial charge >= 0.3 is 5.97 Å². The first-order valence-electron chi connectivity index (χ1n) is 6.10. The molecule has 0 aromatic rings.